The second-order valence-electron chi connectivity index (χ2n) is 5.21. The molecule has 0 bridgehead atoms. The van der Waals surface area contributed by atoms with Crippen LogP contribution in [0.4, 0.5) is 11.4 Å². The quantitative estimate of drug-likeness (QED) is 0.458. The van der Waals surface area contributed by atoms with E-state index in [-0.39, 0.29) is 11.9 Å². The van der Waals surface area contributed by atoms with E-state index in [4.69, 9.17) is 11.5 Å². The Balaban J connectivity index is 1.97. The highest BCUT2D eigenvalue weighted by atomic mass is 16.2. The molecule has 1 atom stereocenters. The number of nitrogen functional groups attached to an aromatic ring is 2. The summed E-state index contributed by atoms with van der Waals surface area (Å²) in [6.45, 7) is 0. The van der Waals surface area contributed by atoms with Gasteiger partial charge in [-0.25, -0.2) is 0 Å². The zero-order chi connectivity index (χ0) is 14.8. The van der Waals surface area contributed by atoms with Gasteiger partial charge in [0.1, 0.15) is 0 Å². The van der Waals surface area contributed by atoms with Crippen molar-refractivity contribution in [3.63, 3.8) is 0 Å². The van der Waals surface area contributed by atoms with Gasteiger partial charge in [0.25, 0.3) is 0 Å². The summed E-state index contributed by atoms with van der Waals surface area (Å²) >= 11 is 0. The van der Waals surface area contributed by atoms with Gasteiger partial charge in [-0.3, -0.25) is 4.79 Å². The summed E-state index contributed by atoms with van der Waals surface area (Å²) in [7, 11) is 0. The maximum atomic E-state index is 11.2. The molecule has 0 radical (unpaired) electrons. The van der Waals surface area contributed by atoms with Crippen LogP contribution in [0.2, 0.25) is 0 Å². The van der Waals surface area contributed by atoms with Crippen molar-refractivity contribution in [3.05, 3.63) is 59.7 Å². The summed E-state index contributed by atoms with van der Waals surface area (Å²) in [5.74, 6) is 0.0821. The highest BCUT2D eigenvalue weighted by Gasteiger charge is 2.29. The fraction of sp³-hybridized carbons (Fsp3) is 0.118. The highest BCUT2D eigenvalue weighted by Crippen LogP contribution is 2.28. The van der Waals surface area contributed by atoms with Crippen LogP contribution in [0.25, 0.3) is 11.6 Å². The van der Waals surface area contributed by atoms with Gasteiger partial charge in [-0.05, 0) is 47.0 Å². The number of hydrogen-bond acceptors (Lipinski definition) is 3. The molecule has 1 aliphatic rings. The SMILES string of the molecule is Nc1ccc(C=C(c2ccc(N)cc2)C2CC(=O)N2)cc1. The van der Waals surface area contributed by atoms with Crippen LogP contribution in [0.5, 0.6) is 0 Å². The lowest BCUT2D eigenvalue weighted by molar-refractivity contribution is -0.126. The van der Waals surface area contributed by atoms with Gasteiger partial charge >= 0.3 is 0 Å². The second kappa shape index (κ2) is 5.32. The summed E-state index contributed by atoms with van der Waals surface area (Å²) in [5.41, 5.74) is 16.1. The van der Waals surface area contributed by atoms with Crippen molar-refractivity contribution in [2.75, 3.05) is 11.5 Å². The molecular formula is C17H17N3O. The molecular weight excluding hydrogens is 262 g/mol. The minimum absolute atomic E-state index is 0.0543. The Morgan fingerprint density at radius 1 is 1.00 bits per heavy atom. The first kappa shape index (κ1) is 13.2. The van der Waals surface area contributed by atoms with E-state index in [0.29, 0.717) is 6.42 Å². The molecule has 21 heavy (non-hydrogen) atoms. The minimum atomic E-state index is 0.0543. The molecule has 0 saturated carbocycles. The summed E-state index contributed by atoms with van der Waals surface area (Å²) in [5, 5.41) is 2.92. The van der Waals surface area contributed by atoms with Gasteiger partial charge in [0.2, 0.25) is 5.91 Å². The zero-order valence-corrected chi connectivity index (χ0v) is 11.5. The highest BCUT2D eigenvalue weighted by molar-refractivity contribution is 5.95. The van der Waals surface area contributed by atoms with Crippen molar-refractivity contribution in [3.8, 4) is 0 Å². The van der Waals surface area contributed by atoms with Crippen LogP contribution in [-0.4, -0.2) is 11.9 Å². The molecule has 0 aliphatic carbocycles. The Kier molecular flexibility index (Phi) is 3.36. The number of carbonyl (C=O) groups is 1. The Morgan fingerprint density at radius 3 is 2.05 bits per heavy atom. The molecule has 1 unspecified atom stereocenters. The molecule has 1 amide bonds. The van der Waals surface area contributed by atoms with Crippen molar-refractivity contribution < 1.29 is 4.79 Å². The van der Waals surface area contributed by atoms with Crippen LogP contribution in [0, 0.1) is 0 Å². The maximum Gasteiger partial charge on any atom is 0.222 e. The molecule has 1 fully saturated rings. The Bertz CT molecular complexity index is 679. The summed E-state index contributed by atoms with van der Waals surface area (Å²) < 4.78 is 0. The van der Waals surface area contributed by atoms with Gasteiger partial charge in [-0.1, -0.05) is 24.3 Å². The molecule has 5 N–H and O–H groups in total. The van der Waals surface area contributed by atoms with E-state index >= 15 is 0 Å². The van der Waals surface area contributed by atoms with Crippen molar-refractivity contribution in [2.24, 2.45) is 0 Å². The van der Waals surface area contributed by atoms with E-state index in [1.807, 2.05) is 48.5 Å². The largest absolute Gasteiger partial charge is 0.399 e. The number of rotatable bonds is 3. The minimum Gasteiger partial charge on any atom is -0.399 e. The zero-order valence-electron chi connectivity index (χ0n) is 11.5. The third kappa shape index (κ3) is 2.89. The van der Waals surface area contributed by atoms with Crippen LogP contribution in [-0.2, 0) is 4.79 Å². The van der Waals surface area contributed by atoms with Crippen molar-refractivity contribution >= 4 is 28.9 Å². The molecule has 2 aromatic carbocycles. The Hall–Kier alpha value is -2.75. The molecule has 0 aromatic heterocycles. The molecule has 1 aliphatic heterocycles. The standard InChI is InChI=1S/C17H17N3O/c18-13-5-1-11(2-6-13)9-15(16-10-17(21)20-16)12-3-7-14(19)8-4-12/h1-9,16H,10,18-19H2,(H,20,21). The monoisotopic (exact) mass is 279 g/mol. The fourth-order valence-electron chi connectivity index (χ4n) is 2.38. The molecule has 2 aromatic rings. The number of nitrogens with one attached hydrogen (secondary N) is 1. The van der Waals surface area contributed by atoms with Crippen molar-refractivity contribution in [1.29, 1.82) is 0 Å². The Labute approximate surface area is 123 Å². The van der Waals surface area contributed by atoms with Crippen LogP contribution < -0.4 is 16.8 Å². The van der Waals surface area contributed by atoms with Crippen LogP contribution in [0.1, 0.15) is 17.5 Å². The normalized spacial score (nSPS) is 18.0. The first-order chi connectivity index (χ1) is 10.1. The van der Waals surface area contributed by atoms with Crippen molar-refractivity contribution in [2.45, 2.75) is 12.5 Å². The maximum absolute atomic E-state index is 11.2. The number of hydrogen-bond donors (Lipinski definition) is 3. The first-order valence-corrected chi connectivity index (χ1v) is 6.84. The smallest absolute Gasteiger partial charge is 0.222 e. The summed E-state index contributed by atoms with van der Waals surface area (Å²) in [4.78, 5) is 11.2. The van der Waals surface area contributed by atoms with Gasteiger partial charge in [0.15, 0.2) is 0 Å². The lowest BCUT2D eigenvalue weighted by Crippen LogP contribution is -2.48. The van der Waals surface area contributed by atoms with Gasteiger partial charge in [-0.2, -0.15) is 0 Å². The number of benzene rings is 2. The third-order valence-electron chi connectivity index (χ3n) is 3.60. The summed E-state index contributed by atoms with van der Waals surface area (Å²) in [6.07, 6.45) is 2.60. The van der Waals surface area contributed by atoms with Crippen LogP contribution in [0.3, 0.4) is 0 Å². The van der Waals surface area contributed by atoms with E-state index in [0.717, 1.165) is 28.1 Å². The molecule has 1 saturated heterocycles. The van der Waals surface area contributed by atoms with E-state index in [2.05, 4.69) is 11.4 Å². The van der Waals surface area contributed by atoms with Crippen LogP contribution in [0.15, 0.2) is 48.5 Å². The number of carbonyl (C=O) groups excluding carboxylic acids is 1. The average Bonchev–Trinajstić information content (AvgIpc) is 2.45. The van der Waals surface area contributed by atoms with Gasteiger partial charge in [0.05, 0.1) is 12.5 Å². The number of amides is 1. The average molecular weight is 279 g/mol. The molecule has 3 rings (SSSR count). The molecule has 4 heteroatoms. The first-order valence-electron chi connectivity index (χ1n) is 6.84. The topological polar surface area (TPSA) is 81.1 Å². The molecule has 106 valence electrons. The van der Waals surface area contributed by atoms with E-state index in [1.165, 1.54) is 0 Å². The van der Waals surface area contributed by atoms with Crippen molar-refractivity contribution in [1.82, 2.24) is 5.32 Å². The van der Waals surface area contributed by atoms with Gasteiger partial charge < -0.3 is 16.8 Å². The van der Waals surface area contributed by atoms with Crippen LogP contribution >= 0.6 is 0 Å². The van der Waals surface area contributed by atoms with E-state index < -0.39 is 0 Å². The molecule has 4 nitrogen and oxygen atoms in total. The third-order valence-corrected chi connectivity index (χ3v) is 3.60. The van der Waals surface area contributed by atoms with Gasteiger partial charge in [-0.15, -0.1) is 0 Å². The lowest BCUT2D eigenvalue weighted by Gasteiger charge is -2.30. The fourth-order valence-corrected chi connectivity index (χ4v) is 2.38. The Morgan fingerprint density at radius 2 is 1.52 bits per heavy atom. The van der Waals surface area contributed by atoms with E-state index in [1.54, 1.807) is 0 Å². The predicted octanol–water partition coefficient (Wildman–Crippen LogP) is 2.28. The molecule has 1 heterocycles. The second-order valence-corrected chi connectivity index (χ2v) is 5.21. The number of nitrogens with two attached hydrogens (primary N) is 2. The summed E-state index contributed by atoms with van der Waals surface area (Å²) in [6, 6.07) is 15.4. The number of β-lactam (4-membered cyclic amide) rings is 1. The lowest BCUT2D eigenvalue weighted by atomic mass is 9.89. The molecule has 0 spiro atoms. The predicted molar refractivity (Wildman–Crippen MR) is 86.1 cm³/mol. The van der Waals surface area contributed by atoms with E-state index in [9.17, 15) is 4.79 Å². The number of anilines is 2. The van der Waals surface area contributed by atoms with Gasteiger partial charge in [0, 0.05) is 11.4 Å².